The zero-order valence-electron chi connectivity index (χ0n) is 14.4. The number of carbonyl (C=O) groups is 1. The van der Waals surface area contributed by atoms with Crippen LogP contribution in [0, 0.1) is 0 Å². The van der Waals surface area contributed by atoms with E-state index in [1.807, 2.05) is 17.2 Å². The maximum Gasteiger partial charge on any atom is 0.317 e. The highest BCUT2D eigenvalue weighted by molar-refractivity contribution is 5.90. The van der Waals surface area contributed by atoms with Gasteiger partial charge in [0.1, 0.15) is 0 Å². The monoisotopic (exact) mass is 326 g/mol. The molecule has 24 heavy (non-hydrogen) atoms. The third kappa shape index (κ3) is 3.78. The van der Waals surface area contributed by atoms with Gasteiger partial charge in [0.2, 0.25) is 0 Å². The molecule has 1 aliphatic rings. The number of nitrogens with zero attached hydrogens (tertiary/aromatic N) is 3. The van der Waals surface area contributed by atoms with Gasteiger partial charge in [-0.3, -0.25) is 4.98 Å². The van der Waals surface area contributed by atoms with Gasteiger partial charge in [-0.05, 0) is 18.6 Å². The summed E-state index contributed by atoms with van der Waals surface area (Å²) in [6.07, 6.45) is 5.24. The Hall–Kier alpha value is -2.30. The first-order valence-corrected chi connectivity index (χ1v) is 8.91. The molecule has 1 N–H and O–H groups in total. The summed E-state index contributed by atoms with van der Waals surface area (Å²) in [4.78, 5) is 21.0. The maximum absolute atomic E-state index is 12.2. The van der Waals surface area contributed by atoms with Crippen LogP contribution >= 0.6 is 0 Å². The van der Waals surface area contributed by atoms with E-state index in [1.165, 1.54) is 12.8 Å². The van der Waals surface area contributed by atoms with Crippen molar-refractivity contribution in [1.82, 2.24) is 15.2 Å². The Balaban J connectivity index is 1.57. The molecule has 0 spiro atoms. The van der Waals surface area contributed by atoms with Crippen molar-refractivity contribution in [2.24, 2.45) is 0 Å². The van der Waals surface area contributed by atoms with Crippen LogP contribution in [0.3, 0.4) is 0 Å². The normalized spacial score (nSPS) is 14.9. The molecule has 2 amide bonds. The van der Waals surface area contributed by atoms with Crippen molar-refractivity contribution >= 4 is 22.6 Å². The smallest absolute Gasteiger partial charge is 0.317 e. The molecular formula is C19H26N4O. The quantitative estimate of drug-likeness (QED) is 0.858. The average Bonchev–Trinajstić information content (AvgIpc) is 2.65. The number of benzene rings is 1. The maximum atomic E-state index is 12.2. The van der Waals surface area contributed by atoms with Gasteiger partial charge < -0.3 is 15.1 Å². The Morgan fingerprint density at radius 1 is 1.12 bits per heavy atom. The van der Waals surface area contributed by atoms with E-state index in [-0.39, 0.29) is 6.03 Å². The van der Waals surface area contributed by atoms with E-state index in [1.54, 1.807) is 0 Å². The summed E-state index contributed by atoms with van der Waals surface area (Å²) in [6.45, 7) is 6.14. The molecule has 1 aromatic carbocycles. The Labute approximate surface area is 143 Å². The first kappa shape index (κ1) is 16.6. The van der Waals surface area contributed by atoms with E-state index in [4.69, 9.17) is 0 Å². The Morgan fingerprint density at radius 2 is 1.92 bits per heavy atom. The third-order valence-electron chi connectivity index (χ3n) is 4.58. The van der Waals surface area contributed by atoms with Crippen molar-refractivity contribution in [1.29, 1.82) is 0 Å². The Kier molecular flexibility index (Phi) is 5.51. The van der Waals surface area contributed by atoms with Crippen molar-refractivity contribution in [2.75, 3.05) is 37.6 Å². The van der Waals surface area contributed by atoms with Gasteiger partial charge in [-0.1, -0.05) is 38.0 Å². The minimum absolute atomic E-state index is 0.0711. The summed E-state index contributed by atoms with van der Waals surface area (Å²) in [5.41, 5.74) is 2.20. The highest BCUT2D eigenvalue weighted by atomic mass is 16.2. The average molecular weight is 326 g/mol. The number of unbranched alkanes of at least 4 members (excludes halogenated alkanes) is 2. The predicted octanol–water partition coefficient (Wildman–Crippen LogP) is 3.26. The molecular weight excluding hydrogens is 300 g/mol. The molecule has 0 unspecified atom stereocenters. The second-order valence-corrected chi connectivity index (χ2v) is 6.27. The number of aromatic nitrogens is 1. The lowest BCUT2D eigenvalue weighted by atomic mass is 10.1. The lowest BCUT2D eigenvalue weighted by molar-refractivity contribution is 0.194. The van der Waals surface area contributed by atoms with Gasteiger partial charge in [-0.2, -0.15) is 0 Å². The topological polar surface area (TPSA) is 48.5 Å². The lowest BCUT2D eigenvalue weighted by Gasteiger charge is -2.36. The molecule has 1 aliphatic heterocycles. The van der Waals surface area contributed by atoms with Crippen LogP contribution in [0.2, 0.25) is 0 Å². The summed E-state index contributed by atoms with van der Waals surface area (Å²) in [7, 11) is 0. The summed E-state index contributed by atoms with van der Waals surface area (Å²) in [5.74, 6) is 0. The zero-order valence-corrected chi connectivity index (χ0v) is 14.4. The summed E-state index contributed by atoms with van der Waals surface area (Å²) >= 11 is 0. The van der Waals surface area contributed by atoms with E-state index in [0.29, 0.717) is 0 Å². The molecule has 3 rings (SSSR count). The van der Waals surface area contributed by atoms with Crippen molar-refractivity contribution in [3.05, 3.63) is 36.5 Å². The fourth-order valence-corrected chi connectivity index (χ4v) is 3.18. The molecule has 0 aliphatic carbocycles. The van der Waals surface area contributed by atoms with E-state index in [0.717, 1.165) is 55.7 Å². The van der Waals surface area contributed by atoms with Gasteiger partial charge >= 0.3 is 6.03 Å². The van der Waals surface area contributed by atoms with Crippen molar-refractivity contribution in [3.63, 3.8) is 0 Å². The molecule has 0 saturated carbocycles. The molecule has 2 aromatic rings. The second kappa shape index (κ2) is 7.99. The summed E-state index contributed by atoms with van der Waals surface area (Å²) < 4.78 is 0. The fourth-order valence-electron chi connectivity index (χ4n) is 3.18. The minimum atomic E-state index is 0.0711. The zero-order chi connectivity index (χ0) is 16.8. The Bertz CT molecular complexity index is 675. The van der Waals surface area contributed by atoms with Crippen LogP contribution in [0.15, 0.2) is 36.5 Å². The number of pyridine rings is 1. The number of para-hydroxylation sites is 1. The predicted molar refractivity (Wildman–Crippen MR) is 98.5 cm³/mol. The van der Waals surface area contributed by atoms with E-state index in [9.17, 15) is 4.79 Å². The first-order valence-electron chi connectivity index (χ1n) is 8.91. The molecule has 1 fully saturated rings. The lowest BCUT2D eigenvalue weighted by Crippen LogP contribution is -2.52. The first-order chi connectivity index (χ1) is 11.8. The van der Waals surface area contributed by atoms with Gasteiger partial charge in [0.15, 0.2) is 0 Å². The molecule has 0 atom stereocenters. The standard InChI is InChI=1S/C19H26N4O/c1-2-3-4-10-21-19(24)23-14-12-22(13-15-23)17-9-5-7-16-8-6-11-20-18(16)17/h5-9,11H,2-4,10,12-15H2,1H3,(H,21,24). The van der Waals surface area contributed by atoms with Gasteiger partial charge in [0.05, 0.1) is 11.2 Å². The van der Waals surface area contributed by atoms with Crippen molar-refractivity contribution in [2.45, 2.75) is 26.2 Å². The number of urea groups is 1. The van der Waals surface area contributed by atoms with Crippen LogP contribution in [-0.4, -0.2) is 48.6 Å². The molecule has 0 radical (unpaired) electrons. The minimum Gasteiger partial charge on any atom is -0.366 e. The molecule has 128 valence electrons. The van der Waals surface area contributed by atoms with Crippen LogP contribution in [0.25, 0.3) is 10.9 Å². The number of fused-ring (bicyclic) bond motifs is 1. The number of hydrogen-bond donors (Lipinski definition) is 1. The van der Waals surface area contributed by atoms with Crippen molar-refractivity contribution in [3.8, 4) is 0 Å². The van der Waals surface area contributed by atoms with Crippen molar-refractivity contribution < 1.29 is 4.79 Å². The number of piperazine rings is 1. The summed E-state index contributed by atoms with van der Waals surface area (Å²) in [6, 6.07) is 10.4. The van der Waals surface area contributed by atoms with Gasteiger partial charge in [-0.15, -0.1) is 0 Å². The molecule has 5 heteroatoms. The number of nitrogens with one attached hydrogen (secondary N) is 1. The Morgan fingerprint density at radius 3 is 2.71 bits per heavy atom. The van der Waals surface area contributed by atoms with Crippen LogP contribution in [-0.2, 0) is 0 Å². The van der Waals surface area contributed by atoms with E-state index >= 15 is 0 Å². The van der Waals surface area contributed by atoms with E-state index < -0.39 is 0 Å². The molecule has 1 saturated heterocycles. The largest absolute Gasteiger partial charge is 0.366 e. The van der Waals surface area contributed by atoms with Crippen LogP contribution in [0.5, 0.6) is 0 Å². The SMILES string of the molecule is CCCCCNC(=O)N1CCN(c2cccc3cccnc23)CC1. The highest BCUT2D eigenvalue weighted by Crippen LogP contribution is 2.25. The molecule has 5 nitrogen and oxygen atoms in total. The van der Waals surface area contributed by atoms with Crippen LogP contribution in [0.1, 0.15) is 26.2 Å². The highest BCUT2D eigenvalue weighted by Gasteiger charge is 2.22. The van der Waals surface area contributed by atoms with Gasteiger partial charge in [0.25, 0.3) is 0 Å². The number of rotatable bonds is 5. The molecule has 0 bridgehead atoms. The van der Waals surface area contributed by atoms with Gasteiger partial charge in [-0.25, -0.2) is 4.79 Å². The van der Waals surface area contributed by atoms with Crippen LogP contribution in [0.4, 0.5) is 10.5 Å². The van der Waals surface area contributed by atoms with E-state index in [2.05, 4.69) is 46.4 Å². The second-order valence-electron chi connectivity index (χ2n) is 6.27. The number of anilines is 1. The number of hydrogen-bond acceptors (Lipinski definition) is 3. The third-order valence-corrected chi connectivity index (χ3v) is 4.58. The number of amides is 2. The fraction of sp³-hybridized carbons (Fsp3) is 0.474. The number of carbonyl (C=O) groups excluding carboxylic acids is 1. The molecule has 1 aromatic heterocycles. The summed E-state index contributed by atoms with van der Waals surface area (Å²) in [5, 5.41) is 4.19. The van der Waals surface area contributed by atoms with Gasteiger partial charge in [0, 0.05) is 44.3 Å². The van der Waals surface area contributed by atoms with Crippen LogP contribution < -0.4 is 10.2 Å². The molecule has 2 heterocycles.